The molecule has 0 unspecified atom stereocenters. The van der Waals surface area contributed by atoms with Crippen LogP contribution in [0.3, 0.4) is 0 Å². The maximum atomic E-state index is 12.3. The van der Waals surface area contributed by atoms with Gasteiger partial charge in [0.1, 0.15) is 12.4 Å². The Labute approximate surface area is 199 Å². The lowest BCUT2D eigenvalue weighted by Gasteiger charge is -2.15. The molecular weight excluding hydrogens is 442 g/mol. The van der Waals surface area contributed by atoms with Crippen molar-refractivity contribution < 1.29 is 9.53 Å². The highest BCUT2D eigenvalue weighted by molar-refractivity contribution is 7.80. The minimum Gasteiger partial charge on any atom is -0.489 e. The van der Waals surface area contributed by atoms with Gasteiger partial charge in [-0.1, -0.05) is 60.2 Å². The first-order chi connectivity index (χ1) is 15.5. The lowest BCUT2D eigenvalue weighted by atomic mass is 10.1. The monoisotopic (exact) mass is 467 g/mol. The van der Waals surface area contributed by atoms with Gasteiger partial charge in [-0.15, -0.1) is 11.6 Å². The molecule has 0 aromatic heterocycles. The molecule has 0 aliphatic heterocycles. The van der Waals surface area contributed by atoms with Gasteiger partial charge in [0.05, 0.1) is 5.38 Å². The molecule has 0 saturated carbocycles. The molecule has 0 radical (unpaired) electrons. The number of hydrazine groups is 1. The van der Waals surface area contributed by atoms with Crippen LogP contribution in [-0.4, -0.2) is 22.9 Å². The molecule has 3 rings (SSSR count). The molecular formula is C25H26ClN3O2S. The number of carbonyl (C=O) groups is 1. The third kappa shape index (κ3) is 7.87. The Morgan fingerprint density at radius 2 is 1.62 bits per heavy atom. The van der Waals surface area contributed by atoms with Crippen molar-refractivity contribution in [2.45, 2.75) is 25.3 Å². The van der Waals surface area contributed by atoms with Gasteiger partial charge in [-0.05, 0) is 61.0 Å². The van der Waals surface area contributed by atoms with Crippen LogP contribution in [0.4, 0.5) is 0 Å². The predicted molar refractivity (Wildman–Crippen MR) is 133 cm³/mol. The summed E-state index contributed by atoms with van der Waals surface area (Å²) in [5, 5.41) is 3.19. The number of hydrogen-bond acceptors (Lipinski definition) is 3. The Balaban J connectivity index is 1.36. The summed E-state index contributed by atoms with van der Waals surface area (Å²) in [6.45, 7) is 3.00. The minimum atomic E-state index is -0.300. The first-order valence-corrected chi connectivity index (χ1v) is 11.1. The topological polar surface area (TPSA) is 62.4 Å². The molecule has 166 valence electrons. The Morgan fingerprint density at radius 1 is 0.938 bits per heavy atom. The molecule has 0 aliphatic carbocycles. The normalized spacial score (nSPS) is 11.3. The molecule has 0 fully saturated rings. The smallest absolute Gasteiger partial charge is 0.269 e. The van der Waals surface area contributed by atoms with E-state index in [1.807, 2.05) is 30.3 Å². The molecule has 3 aromatic rings. The van der Waals surface area contributed by atoms with Crippen molar-refractivity contribution in [1.82, 2.24) is 16.2 Å². The second kappa shape index (κ2) is 12.1. The van der Waals surface area contributed by atoms with Crippen molar-refractivity contribution in [3.8, 4) is 5.75 Å². The first-order valence-electron chi connectivity index (χ1n) is 10.3. The number of thiocarbonyl (C=S) groups is 1. The summed E-state index contributed by atoms with van der Waals surface area (Å²) >= 11 is 11.6. The van der Waals surface area contributed by atoms with Gasteiger partial charge in [0.2, 0.25) is 0 Å². The lowest BCUT2D eigenvalue weighted by molar-refractivity contribution is 0.0943. The fourth-order valence-electron chi connectivity index (χ4n) is 2.93. The SMILES string of the molecule is Cc1ccc(C[C@H](Cl)CNC(=S)NNC(=O)c2ccc(OCc3ccccc3)cc2)cc1. The first kappa shape index (κ1) is 23.6. The fraction of sp³-hybridized carbons (Fsp3) is 0.200. The van der Waals surface area contributed by atoms with Crippen LogP contribution in [0.15, 0.2) is 78.9 Å². The highest BCUT2D eigenvalue weighted by atomic mass is 35.5. The number of halogens is 1. The summed E-state index contributed by atoms with van der Waals surface area (Å²) in [5.41, 5.74) is 9.23. The van der Waals surface area contributed by atoms with Crippen molar-refractivity contribution in [2.24, 2.45) is 0 Å². The predicted octanol–water partition coefficient (Wildman–Crippen LogP) is 4.53. The molecule has 1 amide bonds. The van der Waals surface area contributed by atoms with E-state index in [9.17, 15) is 4.79 Å². The van der Waals surface area contributed by atoms with Gasteiger partial charge in [0.15, 0.2) is 5.11 Å². The highest BCUT2D eigenvalue weighted by Crippen LogP contribution is 2.14. The molecule has 32 heavy (non-hydrogen) atoms. The second-order valence-corrected chi connectivity index (χ2v) is 8.40. The van der Waals surface area contributed by atoms with Crippen LogP contribution in [0.5, 0.6) is 5.75 Å². The molecule has 0 saturated heterocycles. The minimum absolute atomic E-state index is 0.128. The van der Waals surface area contributed by atoms with E-state index in [1.165, 1.54) is 11.1 Å². The average molecular weight is 468 g/mol. The number of carbonyl (C=O) groups excluding carboxylic acids is 1. The number of rotatable bonds is 8. The number of ether oxygens (including phenoxy) is 1. The summed E-state index contributed by atoms with van der Waals surface area (Å²) in [6, 6.07) is 25.1. The second-order valence-electron chi connectivity index (χ2n) is 7.37. The molecule has 0 aliphatic rings. The van der Waals surface area contributed by atoms with Gasteiger partial charge in [0, 0.05) is 12.1 Å². The molecule has 5 nitrogen and oxygen atoms in total. The van der Waals surface area contributed by atoms with Crippen LogP contribution in [0.1, 0.15) is 27.0 Å². The van der Waals surface area contributed by atoms with Gasteiger partial charge in [-0.3, -0.25) is 15.6 Å². The van der Waals surface area contributed by atoms with Gasteiger partial charge >= 0.3 is 0 Å². The molecule has 1 atom stereocenters. The summed E-state index contributed by atoms with van der Waals surface area (Å²) in [7, 11) is 0. The number of amides is 1. The van der Waals surface area contributed by atoms with Crippen molar-refractivity contribution in [3.05, 3.63) is 101 Å². The van der Waals surface area contributed by atoms with Crippen LogP contribution in [-0.2, 0) is 13.0 Å². The molecule has 3 aromatic carbocycles. The number of nitrogens with one attached hydrogen (secondary N) is 3. The third-order valence-corrected chi connectivity index (χ3v) is 5.27. The molecule has 0 spiro atoms. The standard InChI is InChI=1S/C25H26ClN3O2S/c1-18-7-9-19(10-8-18)15-22(26)16-27-25(32)29-28-24(30)21-11-13-23(14-12-21)31-17-20-5-3-2-4-6-20/h2-14,22H,15-17H2,1H3,(H,28,30)(H2,27,29,32)/t22-/m0/s1. The summed E-state index contributed by atoms with van der Waals surface area (Å²) in [4.78, 5) is 12.3. The molecule has 3 N–H and O–H groups in total. The van der Waals surface area contributed by atoms with E-state index in [4.69, 9.17) is 28.6 Å². The lowest BCUT2D eigenvalue weighted by Crippen LogP contribution is -2.48. The summed E-state index contributed by atoms with van der Waals surface area (Å²) in [5.74, 6) is 0.392. The van der Waals surface area contributed by atoms with E-state index >= 15 is 0 Å². The fourth-order valence-corrected chi connectivity index (χ4v) is 3.32. The molecule has 0 bridgehead atoms. The largest absolute Gasteiger partial charge is 0.489 e. The van der Waals surface area contributed by atoms with Gasteiger partial charge in [0.25, 0.3) is 5.91 Å². The maximum Gasteiger partial charge on any atom is 0.269 e. The van der Waals surface area contributed by atoms with Crippen molar-refractivity contribution in [2.75, 3.05) is 6.54 Å². The third-order valence-electron chi connectivity index (χ3n) is 4.72. The summed E-state index contributed by atoms with van der Waals surface area (Å²) in [6.07, 6.45) is 0.725. The zero-order valence-corrected chi connectivity index (χ0v) is 19.4. The van der Waals surface area contributed by atoms with Gasteiger partial charge in [-0.2, -0.15) is 0 Å². The van der Waals surface area contributed by atoms with Gasteiger partial charge < -0.3 is 10.1 Å². The van der Waals surface area contributed by atoms with E-state index < -0.39 is 0 Å². The van der Waals surface area contributed by atoms with Crippen LogP contribution in [0, 0.1) is 6.92 Å². The Morgan fingerprint density at radius 3 is 2.31 bits per heavy atom. The number of alkyl halides is 1. The van der Waals surface area contributed by atoms with Crippen molar-refractivity contribution in [1.29, 1.82) is 0 Å². The highest BCUT2D eigenvalue weighted by Gasteiger charge is 2.09. The van der Waals surface area contributed by atoms with Crippen molar-refractivity contribution in [3.63, 3.8) is 0 Å². The number of benzene rings is 3. The van der Waals surface area contributed by atoms with Crippen LogP contribution in [0.25, 0.3) is 0 Å². The molecule has 7 heteroatoms. The molecule has 0 heterocycles. The van der Waals surface area contributed by atoms with E-state index in [1.54, 1.807) is 24.3 Å². The Hall–Kier alpha value is -3.09. The Kier molecular flexibility index (Phi) is 8.90. The van der Waals surface area contributed by atoms with Crippen molar-refractivity contribution >= 4 is 34.8 Å². The zero-order valence-electron chi connectivity index (χ0n) is 17.8. The summed E-state index contributed by atoms with van der Waals surface area (Å²) < 4.78 is 5.74. The maximum absolute atomic E-state index is 12.3. The van der Waals surface area contributed by atoms with Gasteiger partial charge in [-0.25, -0.2) is 0 Å². The average Bonchev–Trinajstić information content (AvgIpc) is 2.82. The van der Waals surface area contributed by atoms with Crippen LogP contribution < -0.4 is 20.9 Å². The number of hydrogen-bond donors (Lipinski definition) is 3. The quantitative estimate of drug-likeness (QED) is 0.258. The van der Waals surface area contributed by atoms with Crippen LogP contribution >= 0.6 is 23.8 Å². The van der Waals surface area contributed by atoms with Crippen LogP contribution in [0.2, 0.25) is 0 Å². The van der Waals surface area contributed by atoms with E-state index in [2.05, 4.69) is 47.4 Å². The number of aryl methyl sites for hydroxylation is 1. The van der Waals surface area contributed by atoms with E-state index in [0.29, 0.717) is 29.6 Å². The van der Waals surface area contributed by atoms with E-state index in [-0.39, 0.29) is 11.3 Å². The zero-order chi connectivity index (χ0) is 22.8. The Bertz CT molecular complexity index is 1010. The van der Waals surface area contributed by atoms with E-state index in [0.717, 1.165) is 12.0 Å².